The first-order valence-electron chi connectivity index (χ1n) is 6.51. The second kappa shape index (κ2) is 5.56. The van der Waals surface area contributed by atoms with Gasteiger partial charge in [0.2, 0.25) is 0 Å². The zero-order valence-corrected chi connectivity index (χ0v) is 10.7. The van der Waals surface area contributed by atoms with E-state index < -0.39 is 0 Å². The maximum atomic E-state index is 4.38. The minimum absolute atomic E-state index is 0.788. The van der Waals surface area contributed by atoms with Gasteiger partial charge in [-0.25, -0.2) is 4.98 Å². The predicted octanol–water partition coefficient (Wildman–Crippen LogP) is 1.31. The lowest BCUT2D eigenvalue weighted by Crippen LogP contribution is -2.40. The molecule has 98 valence electrons. The lowest BCUT2D eigenvalue weighted by Gasteiger charge is -2.16. The molecule has 2 heterocycles. The number of rotatable bonds is 3. The van der Waals surface area contributed by atoms with Crippen LogP contribution < -0.4 is 10.6 Å². The molecular weight excluding hydrogens is 238 g/mol. The van der Waals surface area contributed by atoms with Crippen LogP contribution in [0.25, 0.3) is 5.69 Å². The van der Waals surface area contributed by atoms with Crippen molar-refractivity contribution in [2.45, 2.75) is 13.0 Å². The van der Waals surface area contributed by atoms with Crippen molar-refractivity contribution in [3.63, 3.8) is 0 Å². The van der Waals surface area contributed by atoms with Crippen LogP contribution in [-0.4, -0.2) is 28.6 Å². The van der Waals surface area contributed by atoms with Crippen molar-refractivity contribution < 1.29 is 0 Å². The van der Waals surface area contributed by atoms with Crippen LogP contribution in [0.5, 0.6) is 0 Å². The number of hydrogen-bond acceptors (Lipinski definition) is 4. The Labute approximate surface area is 112 Å². The van der Waals surface area contributed by atoms with Crippen LogP contribution in [0.1, 0.15) is 12.0 Å². The van der Waals surface area contributed by atoms with Crippen LogP contribution in [-0.2, 0) is 6.54 Å². The minimum Gasteiger partial charge on any atom is -0.356 e. The molecule has 1 aromatic carbocycles. The third-order valence-electron chi connectivity index (χ3n) is 3.10. The van der Waals surface area contributed by atoms with Gasteiger partial charge >= 0.3 is 0 Å². The molecule has 0 atom stereocenters. The SMILES string of the molecule is c1cn(-c2ccc(CNC3=NCCCN3)cc2)cn1. The highest BCUT2D eigenvalue weighted by atomic mass is 15.2. The number of aliphatic imine (C=N–C) groups is 1. The fourth-order valence-electron chi connectivity index (χ4n) is 2.03. The first-order chi connectivity index (χ1) is 9.42. The molecule has 0 amide bonds. The third-order valence-corrected chi connectivity index (χ3v) is 3.10. The first kappa shape index (κ1) is 11.8. The molecule has 1 aliphatic rings. The summed E-state index contributed by atoms with van der Waals surface area (Å²) in [5.41, 5.74) is 2.35. The molecule has 0 radical (unpaired) electrons. The quantitative estimate of drug-likeness (QED) is 0.869. The topological polar surface area (TPSA) is 54.2 Å². The Bertz CT molecular complexity index is 542. The van der Waals surface area contributed by atoms with Crippen molar-refractivity contribution in [3.05, 3.63) is 48.5 Å². The maximum absolute atomic E-state index is 4.38. The van der Waals surface area contributed by atoms with E-state index in [1.54, 1.807) is 12.5 Å². The van der Waals surface area contributed by atoms with Crippen molar-refractivity contribution in [2.24, 2.45) is 4.99 Å². The van der Waals surface area contributed by atoms with Gasteiger partial charge in [-0.1, -0.05) is 12.1 Å². The van der Waals surface area contributed by atoms with Crippen LogP contribution in [0, 0.1) is 0 Å². The van der Waals surface area contributed by atoms with Gasteiger partial charge in [0.15, 0.2) is 5.96 Å². The molecular formula is C14H17N5. The number of nitrogens with zero attached hydrogens (tertiary/aromatic N) is 3. The van der Waals surface area contributed by atoms with Crippen LogP contribution in [0.15, 0.2) is 48.0 Å². The summed E-state index contributed by atoms with van der Waals surface area (Å²) < 4.78 is 1.99. The monoisotopic (exact) mass is 255 g/mol. The number of aromatic nitrogens is 2. The van der Waals surface area contributed by atoms with Gasteiger partial charge in [-0.2, -0.15) is 0 Å². The fourth-order valence-corrected chi connectivity index (χ4v) is 2.03. The Morgan fingerprint density at radius 2 is 2.16 bits per heavy atom. The van der Waals surface area contributed by atoms with Crippen LogP contribution in [0.4, 0.5) is 0 Å². The highest BCUT2D eigenvalue weighted by molar-refractivity contribution is 5.80. The van der Waals surface area contributed by atoms with Gasteiger partial charge in [-0.15, -0.1) is 0 Å². The van der Waals surface area contributed by atoms with Crippen molar-refractivity contribution in [3.8, 4) is 5.69 Å². The fraction of sp³-hybridized carbons (Fsp3) is 0.286. The number of nitrogens with one attached hydrogen (secondary N) is 2. The van der Waals surface area contributed by atoms with Gasteiger partial charge in [-0.05, 0) is 24.1 Å². The lowest BCUT2D eigenvalue weighted by atomic mass is 10.2. The second-order valence-corrected chi connectivity index (χ2v) is 4.50. The number of guanidine groups is 1. The highest BCUT2D eigenvalue weighted by Crippen LogP contribution is 2.09. The van der Waals surface area contributed by atoms with Gasteiger partial charge in [0.05, 0.1) is 6.33 Å². The van der Waals surface area contributed by atoms with E-state index in [9.17, 15) is 0 Å². The molecule has 0 aliphatic carbocycles. The van der Waals surface area contributed by atoms with Gasteiger partial charge in [0.25, 0.3) is 0 Å². The maximum Gasteiger partial charge on any atom is 0.191 e. The Balaban J connectivity index is 1.61. The number of hydrogen-bond donors (Lipinski definition) is 2. The summed E-state index contributed by atoms with van der Waals surface area (Å²) in [5, 5.41) is 6.56. The molecule has 0 saturated carbocycles. The summed E-state index contributed by atoms with van der Waals surface area (Å²) in [5.74, 6) is 0.907. The van der Waals surface area contributed by atoms with E-state index in [-0.39, 0.29) is 0 Å². The van der Waals surface area contributed by atoms with Crippen LogP contribution in [0.3, 0.4) is 0 Å². The molecule has 0 unspecified atom stereocenters. The van der Waals surface area contributed by atoms with E-state index in [2.05, 4.69) is 44.9 Å². The van der Waals surface area contributed by atoms with E-state index in [0.29, 0.717) is 0 Å². The highest BCUT2D eigenvalue weighted by Gasteiger charge is 2.03. The zero-order chi connectivity index (χ0) is 12.9. The van der Waals surface area contributed by atoms with E-state index >= 15 is 0 Å². The Morgan fingerprint density at radius 3 is 2.84 bits per heavy atom. The summed E-state index contributed by atoms with van der Waals surface area (Å²) in [6.07, 6.45) is 6.63. The van der Waals surface area contributed by atoms with E-state index in [1.807, 2.05) is 10.8 Å². The molecule has 5 heteroatoms. The summed E-state index contributed by atoms with van der Waals surface area (Å²) in [6.45, 7) is 2.70. The molecule has 2 aromatic rings. The molecule has 0 fully saturated rings. The Kier molecular flexibility index (Phi) is 3.45. The van der Waals surface area contributed by atoms with E-state index in [4.69, 9.17) is 0 Å². The molecule has 0 spiro atoms. The second-order valence-electron chi connectivity index (χ2n) is 4.50. The van der Waals surface area contributed by atoms with Gasteiger partial charge in [0.1, 0.15) is 0 Å². The van der Waals surface area contributed by atoms with Gasteiger partial charge in [0, 0.05) is 37.7 Å². The molecule has 1 aromatic heterocycles. The normalized spacial score (nSPS) is 14.6. The molecule has 5 nitrogen and oxygen atoms in total. The molecule has 0 saturated heterocycles. The molecule has 19 heavy (non-hydrogen) atoms. The lowest BCUT2D eigenvalue weighted by molar-refractivity contribution is 0.702. The van der Waals surface area contributed by atoms with Crippen molar-refractivity contribution in [1.29, 1.82) is 0 Å². The molecule has 2 N–H and O–H groups in total. The number of imidazole rings is 1. The summed E-state index contributed by atoms with van der Waals surface area (Å²) in [6, 6.07) is 8.42. The summed E-state index contributed by atoms with van der Waals surface area (Å²) >= 11 is 0. The van der Waals surface area contributed by atoms with Crippen LogP contribution in [0.2, 0.25) is 0 Å². The minimum atomic E-state index is 0.788. The van der Waals surface area contributed by atoms with E-state index in [0.717, 1.165) is 37.7 Å². The summed E-state index contributed by atoms with van der Waals surface area (Å²) in [7, 11) is 0. The Hall–Kier alpha value is -2.30. The van der Waals surface area contributed by atoms with Crippen molar-refractivity contribution in [2.75, 3.05) is 13.1 Å². The first-order valence-corrected chi connectivity index (χ1v) is 6.51. The predicted molar refractivity (Wildman–Crippen MR) is 75.3 cm³/mol. The van der Waals surface area contributed by atoms with Gasteiger partial charge in [-0.3, -0.25) is 4.99 Å². The average molecular weight is 255 g/mol. The molecule has 0 bridgehead atoms. The zero-order valence-electron chi connectivity index (χ0n) is 10.7. The van der Waals surface area contributed by atoms with Crippen molar-refractivity contribution in [1.82, 2.24) is 20.2 Å². The van der Waals surface area contributed by atoms with E-state index in [1.165, 1.54) is 5.56 Å². The molecule has 3 rings (SSSR count). The largest absolute Gasteiger partial charge is 0.356 e. The smallest absolute Gasteiger partial charge is 0.191 e. The standard InChI is InChI=1S/C14H17N5/c1-6-16-14(17-7-1)18-10-12-2-4-13(5-3-12)19-9-8-15-11-19/h2-5,8-9,11H,1,6-7,10H2,(H2,16,17,18). The third kappa shape index (κ3) is 2.93. The van der Waals surface area contributed by atoms with Crippen molar-refractivity contribution >= 4 is 5.96 Å². The number of benzene rings is 1. The summed E-state index contributed by atoms with van der Waals surface area (Å²) in [4.78, 5) is 8.43. The average Bonchev–Trinajstić information content (AvgIpc) is 3.01. The Morgan fingerprint density at radius 1 is 1.26 bits per heavy atom. The van der Waals surface area contributed by atoms with Gasteiger partial charge < -0.3 is 15.2 Å². The van der Waals surface area contributed by atoms with Crippen LogP contribution >= 0.6 is 0 Å². The molecule has 1 aliphatic heterocycles.